The zero-order valence-corrected chi connectivity index (χ0v) is 9.73. The van der Waals surface area contributed by atoms with E-state index >= 15 is 0 Å². The van der Waals surface area contributed by atoms with Crippen LogP contribution in [0.2, 0.25) is 0 Å². The highest BCUT2D eigenvalue weighted by Gasteiger charge is 2.17. The topological polar surface area (TPSA) is 59.3 Å². The molecule has 0 aliphatic carbocycles. The van der Waals surface area contributed by atoms with Gasteiger partial charge < -0.3 is 9.67 Å². The van der Waals surface area contributed by atoms with Gasteiger partial charge in [0.2, 0.25) is 0 Å². The quantitative estimate of drug-likeness (QED) is 0.825. The summed E-state index contributed by atoms with van der Waals surface area (Å²) in [6, 6.07) is 3.53. The molecule has 1 aromatic heterocycles. The standard InChI is InChI=1S/C13H13NO3/c1-3-14-6-9(7-15)10-5-4-8(2)11(12(10)14)13(16)17/h4-7H,3H2,1-2H3,(H,16,17). The molecule has 1 N–H and O–H groups in total. The Bertz CT molecular complexity index is 611. The van der Waals surface area contributed by atoms with E-state index in [1.54, 1.807) is 29.8 Å². The molecule has 0 aliphatic rings. The molecule has 88 valence electrons. The highest BCUT2D eigenvalue weighted by Crippen LogP contribution is 2.26. The van der Waals surface area contributed by atoms with Gasteiger partial charge >= 0.3 is 5.97 Å². The Labute approximate surface area is 98.5 Å². The SMILES string of the molecule is CCn1cc(C=O)c2ccc(C)c(C(=O)O)c21. The Morgan fingerprint density at radius 3 is 2.71 bits per heavy atom. The van der Waals surface area contributed by atoms with E-state index in [2.05, 4.69) is 0 Å². The number of aryl methyl sites for hydroxylation is 2. The molecule has 0 spiro atoms. The number of hydrogen-bond acceptors (Lipinski definition) is 2. The van der Waals surface area contributed by atoms with E-state index < -0.39 is 5.97 Å². The summed E-state index contributed by atoms with van der Waals surface area (Å²) in [5.74, 6) is -0.960. The molecule has 0 radical (unpaired) electrons. The van der Waals surface area contributed by atoms with Crippen LogP contribution in [0, 0.1) is 6.92 Å². The second-order valence-electron chi connectivity index (χ2n) is 3.95. The Hall–Kier alpha value is -2.10. The van der Waals surface area contributed by atoms with E-state index in [-0.39, 0.29) is 5.56 Å². The number of hydrogen-bond donors (Lipinski definition) is 1. The average Bonchev–Trinajstić information content (AvgIpc) is 2.66. The van der Waals surface area contributed by atoms with Gasteiger partial charge in [-0.05, 0) is 19.4 Å². The van der Waals surface area contributed by atoms with Crippen LogP contribution in [-0.4, -0.2) is 21.9 Å². The molecule has 2 aromatic rings. The van der Waals surface area contributed by atoms with Gasteiger partial charge in [0, 0.05) is 23.7 Å². The number of carboxylic acids is 1. The van der Waals surface area contributed by atoms with E-state index in [9.17, 15) is 14.7 Å². The first-order valence-electron chi connectivity index (χ1n) is 5.41. The minimum absolute atomic E-state index is 0.275. The predicted octanol–water partition coefficient (Wildman–Crippen LogP) is 2.48. The molecule has 0 atom stereocenters. The van der Waals surface area contributed by atoms with E-state index in [1.807, 2.05) is 6.92 Å². The van der Waals surface area contributed by atoms with Crippen LogP contribution in [0.1, 0.15) is 33.2 Å². The number of aromatic carboxylic acids is 1. The molecule has 0 saturated heterocycles. The van der Waals surface area contributed by atoms with Gasteiger partial charge in [0.25, 0.3) is 0 Å². The van der Waals surface area contributed by atoms with Gasteiger partial charge in [0.1, 0.15) is 0 Å². The van der Waals surface area contributed by atoms with Gasteiger partial charge in [-0.3, -0.25) is 4.79 Å². The maximum atomic E-state index is 11.3. The zero-order chi connectivity index (χ0) is 12.6. The van der Waals surface area contributed by atoms with Crippen LogP contribution in [0.15, 0.2) is 18.3 Å². The van der Waals surface area contributed by atoms with Crippen molar-refractivity contribution in [2.75, 3.05) is 0 Å². The lowest BCUT2D eigenvalue weighted by Gasteiger charge is -2.07. The van der Waals surface area contributed by atoms with Gasteiger partial charge in [-0.1, -0.05) is 12.1 Å². The first kappa shape index (κ1) is 11.4. The lowest BCUT2D eigenvalue weighted by Crippen LogP contribution is -2.04. The molecular formula is C13H13NO3. The minimum Gasteiger partial charge on any atom is -0.478 e. The van der Waals surface area contributed by atoms with Crippen molar-refractivity contribution in [3.63, 3.8) is 0 Å². The number of carbonyl (C=O) groups is 2. The molecular weight excluding hydrogens is 218 g/mol. The van der Waals surface area contributed by atoms with Crippen molar-refractivity contribution in [2.24, 2.45) is 0 Å². The molecule has 0 amide bonds. The fourth-order valence-corrected chi connectivity index (χ4v) is 2.14. The summed E-state index contributed by atoms with van der Waals surface area (Å²) in [5, 5.41) is 9.96. The maximum Gasteiger partial charge on any atom is 0.338 e. The normalized spacial score (nSPS) is 10.7. The average molecular weight is 231 g/mol. The van der Waals surface area contributed by atoms with Crippen LogP contribution in [0.5, 0.6) is 0 Å². The Morgan fingerprint density at radius 1 is 1.47 bits per heavy atom. The number of carboxylic acid groups (broad SMARTS) is 1. The van der Waals surface area contributed by atoms with Crippen LogP contribution in [-0.2, 0) is 6.54 Å². The third-order valence-electron chi connectivity index (χ3n) is 2.96. The van der Waals surface area contributed by atoms with Crippen molar-refractivity contribution in [1.82, 2.24) is 4.57 Å². The second-order valence-corrected chi connectivity index (χ2v) is 3.95. The van der Waals surface area contributed by atoms with Gasteiger partial charge in [-0.15, -0.1) is 0 Å². The smallest absolute Gasteiger partial charge is 0.338 e. The monoisotopic (exact) mass is 231 g/mol. The first-order valence-corrected chi connectivity index (χ1v) is 5.41. The van der Waals surface area contributed by atoms with E-state index in [1.165, 1.54) is 0 Å². The summed E-state index contributed by atoms with van der Waals surface area (Å²) in [6.45, 7) is 4.31. The predicted molar refractivity (Wildman–Crippen MR) is 64.7 cm³/mol. The van der Waals surface area contributed by atoms with E-state index in [0.717, 1.165) is 6.29 Å². The molecule has 0 unspecified atom stereocenters. The number of nitrogens with zero attached hydrogens (tertiary/aromatic N) is 1. The fourth-order valence-electron chi connectivity index (χ4n) is 2.14. The molecule has 2 rings (SSSR count). The Morgan fingerprint density at radius 2 is 2.18 bits per heavy atom. The van der Waals surface area contributed by atoms with Crippen LogP contribution in [0.3, 0.4) is 0 Å². The molecule has 0 bridgehead atoms. The third kappa shape index (κ3) is 1.62. The van der Waals surface area contributed by atoms with Gasteiger partial charge in [-0.25, -0.2) is 4.79 Å². The van der Waals surface area contributed by atoms with E-state index in [4.69, 9.17) is 0 Å². The van der Waals surface area contributed by atoms with Gasteiger partial charge in [0.15, 0.2) is 6.29 Å². The van der Waals surface area contributed by atoms with Crippen molar-refractivity contribution in [2.45, 2.75) is 20.4 Å². The molecule has 4 heteroatoms. The van der Waals surface area contributed by atoms with Gasteiger partial charge in [0.05, 0.1) is 11.1 Å². The molecule has 0 saturated carbocycles. The lowest BCUT2D eigenvalue weighted by molar-refractivity contribution is 0.0697. The summed E-state index contributed by atoms with van der Waals surface area (Å²) in [6.07, 6.45) is 2.46. The summed E-state index contributed by atoms with van der Waals surface area (Å²) in [7, 11) is 0. The number of fused-ring (bicyclic) bond motifs is 1. The molecule has 17 heavy (non-hydrogen) atoms. The first-order chi connectivity index (χ1) is 8.10. The highest BCUT2D eigenvalue weighted by molar-refractivity contribution is 6.08. The molecule has 1 aromatic carbocycles. The Kier molecular flexibility index (Phi) is 2.71. The molecule has 0 aliphatic heterocycles. The third-order valence-corrected chi connectivity index (χ3v) is 2.96. The number of benzene rings is 1. The van der Waals surface area contributed by atoms with Crippen LogP contribution >= 0.6 is 0 Å². The number of aldehydes is 1. The largest absolute Gasteiger partial charge is 0.478 e. The Balaban J connectivity index is 2.96. The van der Waals surface area contributed by atoms with E-state index in [0.29, 0.717) is 28.6 Å². The summed E-state index contributed by atoms with van der Waals surface area (Å²) >= 11 is 0. The highest BCUT2D eigenvalue weighted by atomic mass is 16.4. The van der Waals surface area contributed by atoms with Crippen LogP contribution in [0.4, 0.5) is 0 Å². The van der Waals surface area contributed by atoms with Gasteiger partial charge in [-0.2, -0.15) is 0 Å². The summed E-state index contributed by atoms with van der Waals surface area (Å²) in [5.41, 5.74) is 2.14. The number of carbonyl (C=O) groups excluding carboxylic acids is 1. The molecule has 4 nitrogen and oxygen atoms in total. The maximum absolute atomic E-state index is 11.3. The van der Waals surface area contributed by atoms with Crippen molar-refractivity contribution in [3.8, 4) is 0 Å². The number of aromatic nitrogens is 1. The fraction of sp³-hybridized carbons (Fsp3) is 0.231. The van der Waals surface area contributed by atoms with Crippen molar-refractivity contribution >= 4 is 23.2 Å². The minimum atomic E-state index is -0.960. The van der Waals surface area contributed by atoms with Crippen molar-refractivity contribution in [1.29, 1.82) is 0 Å². The van der Waals surface area contributed by atoms with Crippen molar-refractivity contribution in [3.05, 3.63) is 35.0 Å². The molecule has 1 heterocycles. The van der Waals surface area contributed by atoms with Crippen LogP contribution < -0.4 is 0 Å². The van der Waals surface area contributed by atoms with Crippen LogP contribution in [0.25, 0.3) is 10.9 Å². The zero-order valence-electron chi connectivity index (χ0n) is 9.73. The summed E-state index contributed by atoms with van der Waals surface area (Å²) < 4.78 is 1.80. The summed E-state index contributed by atoms with van der Waals surface area (Å²) in [4.78, 5) is 22.3. The second kappa shape index (κ2) is 4.05. The number of rotatable bonds is 3. The lowest BCUT2D eigenvalue weighted by atomic mass is 10.0. The molecule has 0 fully saturated rings. The van der Waals surface area contributed by atoms with Crippen molar-refractivity contribution < 1.29 is 14.7 Å².